The first-order valence-electron chi connectivity index (χ1n) is 5.89. The molecule has 0 unspecified atom stereocenters. The molecule has 3 nitrogen and oxygen atoms in total. The minimum Gasteiger partial charge on any atom is -0.493 e. The Labute approximate surface area is 114 Å². The predicted molar refractivity (Wildman–Crippen MR) is 75.5 cm³/mol. The van der Waals surface area contributed by atoms with E-state index in [1.165, 1.54) is 0 Å². The molecular formula is C14H20ClNO2. The lowest BCUT2D eigenvalue weighted by Crippen LogP contribution is -2.21. The molecule has 0 radical (unpaired) electrons. The van der Waals surface area contributed by atoms with Crippen LogP contribution in [0.5, 0.6) is 11.5 Å². The fraction of sp³-hybridized carbons (Fsp3) is 0.429. The summed E-state index contributed by atoms with van der Waals surface area (Å²) in [5.41, 5.74) is 1.14. The monoisotopic (exact) mass is 269 g/mol. The second-order valence-corrected chi connectivity index (χ2v) is 4.86. The molecule has 0 bridgehead atoms. The molecule has 0 fully saturated rings. The molecular weight excluding hydrogens is 250 g/mol. The second kappa shape index (κ2) is 7.29. The van der Waals surface area contributed by atoms with Crippen LogP contribution in [0.1, 0.15) is 19.4 Å². The standard InChI is InChI=1S/C14H20ClNO2/c1-10(2)16-8-12-5-6-13(17-4)14(7-12)18-9-11(3)15/h5-7,10,16H,3,8-9H2,1-2,4H3. The normalized spacial score (nSPS) is 10.5. The number of nitrogens with one attached hydrogen (secondary N) is 1. The second-order valence-electron chi connectivity index (χ2n) is 4.33. The van der Waals surface area contributed by atoms with Crippen LogP contribution >= 0.6 is 11.6 Å². The van der Waals surface area contributed by atoms with Crippen molar-refractivity contribution < 1.29 is 9.47 Å². The topological polar surface area (TPSA) is 30.5 Å². The number of methoxy groups -OCH3 is 1. The molecule has 0 aromatic heterocycles. The third-order valence-corrected chi connectivity index (χ3v) is 2.44. The Morgan fingerprint density at radius 2 is 2.11 bits per heavy atom. The maximum Gasteiger partial charge on any atom is 0.162 e. The van der Waals surface area contributed by atoms with Gasteiger partial charge in [0.25, 0.3) is 0 Å². The fourth-order valence-corrected chi connectivity index (χ4v) is 1.48. The molecule has 0 saturated carbocycles. The third-order valence-electron chi connectivity index (χ3n) is 2.33. The van der Waals surface area contributed by atoms with Crippen molar-refractivity contribution in [3.05, 3.63) is 35.4 Å². The lowest BCUT2D eigenvalue weighted by Gasteiger charge is -2.13. The van der Waals surface area contributed by atoms with Crippen molar-refractivity contribution in [2.45, 2.75) is 26.4 Å². The van der Waals surface area contributed by atoms with Crippen LogP contribution in [0.2, 0.25) is 0 Å². The molecule has 0 saturated heterocycles. The van der Waals surface area contributed by atoms with Crippen molar-refractivity contribution >= 4 is 11.6 Å². The molecule has 0 heterocycles. The largest absolute Gasteiger partial charge is 0.493 e. The van der Waals surface area contributed by atoms with Gasteiger partial charge in [-0.1, -0.05) is 38.1 Å². The molecule has 1 rings (SSSR count). The maximum atomic E-state index is 5.69. The molecule has 0 spiro atoms. The van der Waals surface area contributed by atoms with E-state index in [2.05, 4.69) is 25.7 Å². The van der Waals surface area contributed by atoms with Gasteiger partial charge >= 0.3 is 0 Å². The maximum absolute atomic E-state index is 5.69. The van der Waals surface area contributed by atoms with Crippen LogP contribution in [0.25, 0.3) is 0 Å². The van der Waals surface area contributed by atoms with E-state index in [-0.39, 0.29) is 6.61 Å². The van der Waals surface area contributed by atoms with Gasteiger partial charge in [0.1, 0.15) is 6.61 Å². The van der Waals surface area contributed by atoms with Crippen LogP contribution in [0.3, 0.4) is 0 Å². The molecule has 1 N–H and O–H groups in total. The SMILES string of the molecule is C=C(Cl)COc1cc(CNC(C)C)ccc1OC. The van der Waals surface area contributed by atoms with Crippen LogP contribution in [0.15, 0.2) is 29.8 Å². The van der Waals surface area contributed by atoms with Crippen molar-refractivity contribution in [2.24, 2.45) is 0 Å². The summed E-state index contributed by atoms with van der Waals surface area (Å²) < 4.78 is 10.8. The van der Waals surface area contributed by atoms with Gasteiger partial charge in [-0.3, -0.25) is 0 Å². The highest BCUT2D eigenvalue weighted by atomic mass is 35.5. The summed E-state index contributed by atoms with van der Waals surface area (Å²) in [6, 6.07) is 6.30. The van der Waals surface area contributed by atoms with Crippen LogP contribution in [0, 0.1) is 0 Å². The van der Waals surface area contributed by atoms with Crippen LogP contribution in [-0.2, 0) is 6.54 Å². The van der Waals surface area contributed by atoms with E-state index in [0.717, 1.165) is 12.1 Å². The van der Waals surface area contributed by atoms with E-state index in [1.807, 2.05) is 18.2 Å². The van der Waals surface area contributed by atoms with Crippen LogP contribution in [0.4, 0.5) is 0 Å². The fourth-order valence-electron chi connectivity index (χ4n) is 1.42. The number of ether oxygens (including phenoxy) is 2. The van der Waals surface area contributed by atoms with Gasteiger partial charge < -0.3 is 14.8 Å². The first-order chi connectivity index (χ1) is 8.52. The lowest BCUT2D eigenvalue weighted by molar-refractivity contribution is 0.323. The first kappa shape index (κ1) is 14.9. The van der Waals surface area contributed by atoms with Crippen molar-refractivity contribution in [2.75, 3.05) is 13.7 Å². The zero-order chi connectivity index (χ0) is 13.5. The van der Waals surface area contributed by atoms with Crippen LogP contribution in [-0.4, -0.2) is 19.8 Å². The van der Waals surface area contributed by atoms with Gasteiger partial charge in [0, 0.05) is 17.6 Å². The van der Waals surface area contributed by atoms with Gasteiger partial charge in [0.05, 0.1) is 7.11 Å². The number of hydrogen-bond donors (Lipinski definition) is 1. The summed E-state index contributed by atoms with van der Waals surface area (Å²) in [6.07, 6.45) is 0. The van der Waals surface area contributed by atoms with Crippen molar-refractivity contribution in [3.8, 4) is 11.5 Å². The Hall–Kier alpha value is -1.19. The number of benzene rings is 1. The minimum atomic E-state index is 0.277. The van der Waals surface area contributed by atoms with Gasteiger partial charge in [-0.15, -0.1) is 0 Å². The van der Waals surface area contributed by atoms with Gasteiger partial charge in [0.15, 0.2) is 11.5 Å². The Morgan fingerprint density at radius 3 is 2.67 bits per heavy atom. The quantitative estimate of drug-likeness (QED) is 0.824. The molecule has 1 aromatic carbocycles. The Balaban J connectivity index is 2.77. The highest BCUT2D eigenvalue weighted by molar-refractivity contribution is 6.29. The van der Waals surface area contributed by atoms with Gasteiger partial charge in [-0.2, -0.15) is 0 Å². The van der Waals surface area contributed by atoms with E-state index in [4.69, 9.17) is 21.1 Å². The summed E-state index contributed by atoms with van der Waals surface area (Å²) >= 11 is 5.69. The summed E-state index contributed by atoms with van der Waals surface area (Å²) in [7, 11) is 1.61. The summed E-state index contributed by atoms with van der Waals surface area (Å²) in [6.45, 7) is 8.88. The third kappa shape index (κ3) is 4.98. The van der Waals surface area contributed by atoms with Gasteiger partial charge in [0.2, 0.25) is 0 Å². The zero-order valence-corrected chi connectivity index (χ0v) is 11.9. The Kier molecular flexibility index (Phi) is 6.02. The number of rotatable bonds is 7. The smallest absolute Gasteiger partial charge is 0.162 e. The van der Waals surface area contributed by atoms with E-state index in [9.17, 15) is 0 Å². The predicted octanol–water partition coefficient (Wildman–Crippen LogP) is 3.32. The summed E-state index contributed by atoms with van der Waals surface area (Å²) in [5.74, 6) is 1.38. The minimum absolute atomic E-state index is 0.277. The average molecular weight is 270 g/mol. The summed E-state index contributed by atoms with van der Waals surface area (Å²) in [5, 5.41) is 3.81. The highest BCUT2D eigenvalue weighted by Gasteiger charge is 2.06. The zero-order valence-electron chi connectivity index (χ0n) is 11.1. The van der Waals surface area contributed by atoms with Crippen molar-refractivity contribution in [3.63, 3.8) is 0 Å². The van der Waals surface area contributed by atoms with Gasteiger partial charge in [-0.05, 0) is 17.7 Å². The van der Waals surface area contributed by atoms with Crippen molar-refractivity contribution in [1.82, 2.24) is 5.32 Å². The molecule has 0 aliphatic carbocycles. The summed E-state index contributed by atoms with van der Waals surface area (Å²) in [4.78, 5) is 0. The van der Waals surface area contributed by atoms with E-state index >= 15 is 0 Å². The number of halogens is 1. The lowest BCUT2D eigenvalue weighted by atomic mass is 10.2. The molecule has 18 heavy (non-hydrogen) atoms. The van der Waals surface area contributed by atoms with E-state index in [1.54, 1.807) is 7.11 Å². The molecule has 0 aliphatic rings. The van der Waals surface area contributed by atoms with Crippen molar-refractivity contribution in [1.29, 1.82) is 0 Å². The number of hydrogen-bond acceptors (Lipinski definition) is 3. The molecule has 0 amide bonds. The molecule has 0 atom stereocenters. The molecule has 100 valence electrons. The average Bonchev–Trinajstić information content (AvgIpc) is 2.33. The highest BCUT2D eigenvalue weighted by Crippen LogP contribution is 2.28. The molecule has 4 heteroatoms. The van der Waals surface area contributed by atoms with E-state index in [0.29, 0.717) is 22.6 Å². The van der Waals surface area contributed by atoms with Crippen LogP contribution < -0.4 is 14.8 Å². The first-order valence-corrected chi connectivity index (χ1v) is 6.27. The van der Waals surface area contributed by atoms with E-state index < -0.39 is 0 Å². The molecule has 1 aromatic rings. The Morgan fingerprint density at radius 1 is 1.39 bits per heavy atom. The van der Waals surface area contributed by atoms with Gasteiger partial charge in [-0.25, -0.2) is 0 Å². The molecule has 0 aliphatic heterocycles. The Bertz CT molecular complexity index is 405.